The lowest BCUT2D eigenvalue weighted by molar-refractivity contribution is -0.110. The van der Waals surface area contributed by atoms with Gasteiger partial charge in [0.05, 0.1) is 23.5 Å². The van der Waals surface area contributed by atoms with Crippen LogP contribution in [0.25, 0.3) is 16.7 Å². The van der Waals surface area contributed by atoms with Crippen LogP contribution in [0.15, 0.2) is 47.0 Å². The van der Waals surface area contributed by atoms with E-state index in [1.54, 1.807) is 50.4 Å². The van der Waals surface area contributed by atoms with Crippen molar-refractivity contribution in [1.29, 1.82) is 0 Å². The second-order valence-electron chi connectivity index (χ2n) is 7.07. The van der Waals surface area contributed by atoms with Crippen molar-refractivity contribution in [2.24, 2.45) is 0 Å². The number of carbonyl (C=O) groups is 1. The standard InChI is InChI=1S/C18H16ClFN2O.C5H7NO2/c1-4-11-13-8-12(14(19)9-16(13)21-18(11)23)10-5-6-17(22(2)3)15(20)7-10;1-4-3-5(7-2)6-8-4/h4-9H,1-3H3,(H,21,23);3H,1-2H3/b11-4-;. The van der Waals surface area contributed by atoms with Gasteiger partial charge in [0, 0.05) is 36.9 Å². The molecule has 1 amide bonds. The number of fused-ring (bicyclic) bond motifs is 1. The summed E-state index contributed by atoms with van der Waals surface area (Å²) in [6.45, 7) is 3.62. The summed E-state index contributed by atoms with van der Waals surface area (Å²) in [4.78, 5) is 13.6. The highest BCUT2D eigenvalue weighted by molar-refractivity contribution is 6.36. The number of nitrogens with one attached hydrogen (secondary N) is 1. The molecule has 4 rings (SSSR count). The summed E-state index contributed by atoms with van der Waals surface area (Å²) in [7, 11) is 5.13. The lowest BCUT2D eigenvalue weighted by Gasteiger charge is -2.15. The normalized spacial score (nSPS) is 13.4. The van der Waals surface area contributed by atoms with E-state index in [0.717, 1.165) is 11.3 Å². The van der Waals surface area contributed by atoms with Crippen LogP contribution < -0.4 is 15.0 Å². The number of aryl methyl sites for hydroxylation is 1. The van der Waals surface area contributed by atoms with Gasteiger partial charge in [-0.15, -0.1) is 0 Å². The molecule has 0 saturated heterocycles. The second kappa shape index (κ2) is 9.22. The van der Waals surface area contributed by atoms with Crippen molar-refractivity contribution in [3.05, 3.63) is 64.6 Å². The average Bonchev–Trinajstić information content (AvgIpc) is 3.28. The second-order valence-corrected chi connectivity index (χ2v) is 7.48. The fourth-order valence-electron chi connectivity index (χ4n) is 3.20. The molecular formula is C23H23ClFN3O3. The number of ether oxygens (including phenoxy) is 1. The predicted octanol–water partition coefficient (Wildman–Crippen LogP) is 5.56. The minimum absolute atomic E-state index is 0.148. The van der Waals surface area contributed by atoms with Gasteiger partial charge in [0.2, 0.25) is 0 Å². The summed E-state index contributed by atoms with van der Waals surface area (Å²) in [6, 6.07) is 10.3. The molecule has 0 spiro atoms. The summed E-state index contributed by atoms with van der Waals surface area (Å²) < 4.78 is 23.6. The van der Waals surface area contributed by atoms with E-state index in [2.05, 4.69) is 15.0 Å². The van der Waals surface area contributed by atoms with Gasteiger partial charge in [0.1, 0.15) is 11.6 Å². The molecule has 6 nitrogen and oxygen atoms in total. The van der Waals surface area contributed by atoms with Crippen molar-refractivity contribution in [3.8, 4) is 17.0 Å². The zero-order valence-electron chi connectivity index (χ0n) is 17.9. The topological polar surface area (TPSA) is 67.6 Å². The quantitative estimate of drug-likeness (QED) is 0.537. The van der Waals surface area contributed by atoms with Crippen LogP contribution in [0.4, 0.5) is 15.8 Å². The van der Waals surface area contributed by atoms with Gasteiger partial charge < -0.3 is 19.5 Å². The minimum atomic E-state index is -0.315. The monoisotopic (exact) mass is 443 g/mol. The number of allylic oxidation sites excluding steroid dienone is 1. The van der Waals surface area contributed by atoms with Crippen molar-refractivity contribution in [1.82, 2.24) is 5.16 Å². The van der Waals surface area contributed by atoms with Crippen molar-refractivity contribution in [2.75, 3.05) is 31.4 Å². The first-order valence-electron chi connectivity index (χ1n) is 9.51. The lowest BCUT2D eigenvalue weighted by atomic mass is 9.99. The van der Waals surface area contributed by atoms with Crippen LogP contribution in [-0.4, -0.2) is 32.3 Å². The molecule has 0 fully saturated rings. The molecule has 1 aliphatic rings. The Bertz CT molecular complexity index is 1150. The molecule has 0 radical (unpaired) electrons. The lowest BCUT2D eigenvalue weighted by Crippen LogP contribution is -2.10. The maximum absolute atomic E-state index is 14.2. The van der Waals surface area contributed by atoms with E-state index >= 15 is 0 Å². The van der Waals surface area contributed by atoms with Crippen molar-refractivity contribution in [3.63, 3.8) is 0 Å². The Kier molecular flexibility index (Phi) is 6.65. The Balaban J connectivity index is 0.000000287. The van der Waals surface area contributed by atoms with E-state index in [1.165, 1.54) is 6.07 Å². The largest absolute Gasteiger partial charge is 0.479 e. The first-order chi connectivity index (χ1) is 14.7. The third-order valence-corrected chi connectivity index (χ3v) is 5.05. The summed E-state index contributed by atoms with van der Waals surface area (Å²) in [6.07, 6.45) is 1.76. The number of rotatable bonds is 3. The van der Waals surface area contributed by atoms with Gasteiger partial charge >= 0.3 is 0 Å². The fourth-order valence-corrected chi connectivity index (χ4v) is 3.47. The number of hydrogen-bond acceptors (Lipinski definition) is 5. The molecule has 0 saturated carbocycles. The predicted molar refractivity (Wildman–Crippen MR) is 121 cm³/mol. The SMILES string of the molecule is C/C=C1\C(=O)Nc2cc(Cl)c(-c3ccc(N(C)C)c(F)c3)cc21.COc1cc(C)on1. The Morgan fingerprint density at radius 3 is 2.45 bits per heavy atom. The van der Waals surface area contributed by atoms with Gasteiger partial charge in [-0.2, -0.15) is 0 Å². The highest BCUT2D eigenvalue weighted by Gasteiger charge is 2.25. The zero-order valence-corrected chi connectivity index (χ0v) is 18.7. The first kappa shape index (κ1) is 22.4. The summed E-state index contributed by atoms with van der Waals surface area (Å²) in [5.74, 6) is 0.832. The van der Waals surface area contributed by atoms with Gasteiger partial charge in [0.15, 0.2) is 0 Å². The van der Waals surface area contributed by atoms with Crippen LogP contribution in [0, 0.1) is 12.7 Å². The summed E-state index contributed by atoms with van der Waals surface area (Å²) in [5.41, 5.74) is 3.96. The van der Waals surface area contributed by atoms with Crippen LogP contribution in [-0.2, 0) is 4.79 Å². The van der Waals surface area contributed by atoms with Crippen molar-refractivity contribution < 1.29 is 18.4 Å². The average molecular weight is 444 g/mol. The van der Waals surface area contributed by atoms with Gasteiger partial charge in [-0.05, 0) is 48.8 Å². The van der Waals surface area contributed by atoms with Gasteiger partial charge in [-0.3, -0.25) is 4.79 Å². The van der Waals surface area contributed by atoms with Gasteiger partial charge in [0.25, 0.3) is 11.8 Å². The van der Waals surface area contributed by atoms with Gasteiger partial charge in [-0.1, -0.05) is 23.7 Å². The minimum Gasteiger partial charge on any atom is -0.479 e. The smallest absolute Gasteiger partial charge is 0.256 e. The van der Waals surface area contributed by atoms with Crippen LogP contribution in [0.3, 0.4) is 0 Å². The fraction of sp³-hybridized carbons (Fsp3) is 0.217. The Labute approximate surface area is 185 Å². The van der Waals surface area contributed by atoms with Crippen molar-refractivity contribution >= 4 is 34.5 Å². The third-order valence-electron chi connectivity index (χ3n) is 4.73. The van der Waals surface area contributed by atoms with E-state index in [-0.39, 0.29) is 11.7 Å². The highest BCUT2D eigenvalue weighted by atomic mass is 35.5. The highest BCUT2D eigenvalue weighted by Crippen LogP contribution is 2.40. The summed E-state index contributed by atoms with van der Waals surface area (Å²) in [5, 5.41) is 6.79. The number of halogens is 2. The van der Waals surface area contributed by atoms with Crippen LogP contribution >= 0.6 is 11.6 Å². The van der Waals surface area contributed by atoms with Crippen LogP contribution in [0.1, 0.15) is 18.2 Å². The molecular weight excluding hydrogens is 421 g/mol. The Morgan fingerprint density at radius 1 is 1.19 bits per heavy atom. The number of anilines is 2. The summed E-state index contributed by atoms with van der Waals surface area (Å²) >= 11 is 6.33. The van der Waals surface area contributed by atoms with E-state index in [4.69, 9.17) is 16.3 Å². The van der Waals surface area contributed by atoms with Crippen LogP contribution in [0.5, 0.6) is 5.88 Å². The van der Waals surface area contributed by atoms with E-state index < -0.39 is 0 Å². The maximum Gasteiger partial charge on any atom is 0.256 e. The molecule has 2 heterocycles. The maximum atomic E-state index is 14.2. The molecule has 1 aliphatic heterocycles. The Morgan fingerprint density at radius 2 is 1.94 bits per heavy atom. The number of amides is 1. The number of carbonyl (C=O) groups excluding carboxylic acids is 1. The molecule has 0 unspecified atom stereocenters. The number of methoxy groups -OCH3 is 1. The van der Waals surface area contributed by atoms with E-state index in [0.29, 0.717) is 39.0 Å². The first-order valence-corrected chi connectivity index (χ1v) is 9.89. The molecule has 8 heteroatoms. The zero-order chi connectivity index (χ0) is 22.7. The molecule has 1 aromatic heterocycles. The number of nitrogens with zero attached hydrogens (tertiary/aromatic N) is 2. The molecule has 0 atom stereocenters. The number of benzene rings is 2. The molecule has 3 aromatic rings. The van der Waals surface area contributed by atoms with Crippen molar-refractivity contribution in [2.45, 2.75) is 13.8 Å². The molecule has 2 aromatic carbocycles. The number of hydrogen-bond donors (Lipinski definition) is 1. The van der Waals surface area contributed by atoms with Gasteiger partial charge in [-0.25, -0.2) is 4.39 Å². The third kappa shape index (κ3) is 4.72. The molecule has 1 N–H and O–H groups in total. The van der Waals surface area contributed by atoms with E-state index in [9.17, 15) is 9.18 Å². The number of aromatic nitrogens is 1. The Hall–Kier alpha value is -3.32. The van der Waals surface area contributed by atoms with E-state index in [1.807, 2.05) is 26.0 Å². The molecule has 31 heavy (non-hydrogen) atoms. The molecule has 0 aliphatic carbocycles. The van der Waals surface area contributed by atoms with Crippen LogP contribution in [0.2, 0.25) is 5.02 Å². The molecule has 162 valence electrons. The molecule has 0 bridgehead atoms.